The Morgan fingerprint density at radius 2 is 1.89 bits per heavy atom. The minimum absolute atomic E-state index is 0.197. The van der Waals surface area contributed by atoms with Gasteiger partial charge in [-0.25, -0.2) is 10.2 Å². The summed E-state index contributed by atoms with van der Waals surface area (Å²) in [4.78, 5) is 13.8. The zero-order valence-electron chi connectivity index (χ0n) is 20.7. The topological polar surface area (TPSA) is 119 Å². The number of fused-ring (bicyclic) bond motifs is 3. The van der Waals surface area contributed by atoms with Crippen LogP contribution in [0.5, 0.6) is 0 Å². The van der Waals surface area contributed by atoms with E-state index >= 15 is 0 Å². The molecule has 4 aromatic heterocycles. The molecule has 0 aliphatic heterocycles. The second-order valence-electron chi connectivity index (χ2n) is 9.46. The lowest BCUT2D eigenvalue weighted by Crippen LogP contribution is -2.27. The van der Waals surface area contributed by atoms with Crippen molar-refractivity contribution in [2.75, 3.05) is 7.05 Å². The lowest BCUT2D eigenvalue weighted by Gasteiger charge is -2.23. The van der Waals surface area contributed by atoms with Crippen LogP contribution in [0, 0.1) is 5.82 Å². The van der Waals surface area contributed by atoms with Crippen molar-refractivity contribution < 1.29 is 9.50 Å². The molecule has 0 bridgehead atoms. The van der Waals surface area contributed by atoms with Gasteiger partial charge < -0.3 is 20.4 Å². The summed E-state index contributed by atoms with van der Waals surface area (Å²) in [6.07, 6.45) is 6.33. The van der Waals surface area contributed by atoms with Crippen LogP contribution in [0.3, 0.4) is 0 Å². The second kappa shape index (κ2) is 9.24. The molecule has 0 aromatic carbocycles. The summed E-state index contributed by atoms with van der Waals surface area (Å²) < 4.78 is 15.9. The molecule has 0 saturated carbocycles. The molecule has 0 radical (unpaired) electrons. The number of aliphatic hydroxyl groups is 1. The molecular weight excluding hydrogens is 445 g/mol. The number of rotatable bonds is 7. The molecule has 1 atom stereocenters. The molecule has 0 saturated heterocycles. The highest BCUT2D eigenvalue weighted by atomic mass is 19.1. The van der Waals surface area contributed by atoms with Gasteiger partial charge in [-0.15, -0.1) is 0 Å². The standard InChI is InChI=1S/C26H32FN7O/c1-6-7-21(19-9-8-17(27)13-30-19)34-22-11-20(25(15(2)28)33(5)29)31-14-18(22)24-23(34)10-16(12-32-24)26(3,4)35/h8-14,21,35H,6-7,28-29H2,1-5H3/b25-15-. The Balaban J connectivity index is 2.11. The van der Waals surface area contributed by atoms with Crippen molar-refractivity contribution in [3.63, 3.8) is 0 Å². The Morgan fingerprint density at radius 3 is 2.46 bits per heavy atom. The van der Waals surface area contributed by atoms with E-state index in [1.54, 1.807) is 46.3 Å². The molecule has 0 spiro atoms. The van der Waals surface area contributed by atoms with Gasteiger partial charge in [-0.05, 0) is 51.5 Å². The Kier molecular flexibility index (Phi) is 6.48. The van der Waals surface area contributed by atoms with E-state index in [1.165, 1.54) is 17.3 Å². The van der Waals surface area contributed by atoms with Gasteiger partial charge in [0.05, 0.1) is 51.5 Å². The van der Waals surface area contributed by atoms with Gasteiger partial charge in [-0.3, -0.25) is 15.0 Å². The van der Waals surface area contributed by atoms with Gasteiger partial charge in [0.15, 0.2) is 0 Å². The predicted molar refractivity (Wildman–Crippen MR) is 136 cm³/mol. The zero-order valence-corrected chi connectivity index (χ0v) is 20.7. The summed E-state index contributed by atoms with van der Waals surface area (Å²) in [5, 5.41) is 13.0. The molecule has 8 nitrogen and oxygen atoms in total. The highest BCUT2D eigenvalue weighted by Crippen LogP contribution is 2.37. The summed E-state index contributed by atoms with van der Waals surface area (Å²) in [6.45, 7) is 7.33. The van der Waals surface area contributed by atoms with Crippen molar-refractivity contribution in [2.45, 2.75) is 52.2 Å². The Morgan fingerprint density at radius 1 is 1.14 bits per heavy atom. The highest BCUT2D eigenvalue weighted by molar-refractivity contribution is 6.06. The van der Waals surface area contributed by atoms with Crippen LogP contribution in [0.15, 0.2) is 48.6 Å². The normalized spacial score (nSPS) is 13.8. The van der Waals surface area contributed by atoms with Crippen LogP contribution in [0.25, 0.3) is 27.6 Å². The molecule has 1 unspecified atom stereocenters. The molecule has 4 rings (SSSR count). The molecular formula is C26H32FN7O. The Hall–Kier alpha value is -3.56. The van der Waals surface area contributed by atoms with Crippen LogP contribution in [0.4, 0.5) is 4.39 Å². The maximum atomic E-state index is 13.7. The lowest BCUT2D eigenvalue weighted by molar-refractivity contribution is 0.0784. The van der Waals surface area contributed by atoms with E-state index in [-0.39, 0.29) is 11.9 Å². The van der Waals surface area contributed by atoms with E-state index in [0.717, 1.165) is 40.5 Å². The Bertz CT molecular complexity index is 1400. The van der Waals surface area contributed by atoms with Gasteiger partial charge in [0.2, 0.25) is 0 Å². The summed E-state index contributed by atoms with van der Waals surface area (Å²) >= 11 is 0. The van der Waals surface area contributed by atoms with E-state index in [2.05, 4.69) is 21.5 Å². The minimum Gasteiger partial charge on any atom is -0.400 e. The number of aromatic nitrogens is 4. The van der Waals surface area contributed by atoms with Gasteiger partial charge in [0, 0.05) is 36.1 Å². The van der Waals surface area contributed by atoms with Gasteiger partial charge in [0.25, 0.3) is 0 Å². The average molecular weight is 478 g/mol. The first-order valence-corrected chi connectivity index (χ1v) is 11.6. The fourth-order valence-electron chi connectivity index (χ4n) is 4.53. The largest absolute Gasteiger partial charge is 0.400 e. The summed E-state index contributed by atoms with van der Waals surface area (Å²) in [7, 11) is 1.71. The summed E-state index contributed by atoms with van der Waals surface area (Å²) in [5.74, 6) is 5.68. The number of pyridine rings is 3. The number of hydrazine groups is 1. The number of nitrogens with two attached hydrogens (primary N) is 2. The van der Waals surface area contributed by atoms with Crippen LogP contribution < -0.4 is 11.6 Å². The summed E-state index contributed by atoms with van der Waals surface area (Å²) in [6, 6.07) is 6.84. The van der Waals surface area contributed by atoms with E-state index in [4.69, 9.17) is 16.6 Å². The van der Waals surface area contributed by atoms with E-state index < -0.39 is 5.60 Å². The molecule has 4 heterocycles. The number of nitrogens with zero attached hydrogens (tertiary/aromatic N) is 5. The Labute approximate surface area is 204 Å². The van der Waals surface area contributed by atoms with Crippen molar-refractivity contribution >= 4 is 27.6 Å². The third kappa shape index (κ3) is 4.56. The third-order valence-corrected chi connectivity index (χ3v) is 6.16. The molecule has 9 heteroatoms. The van der Waals surface area contributed by atoms with Gasteiger partial charge >= 0.3 is 0 Å². The van der Waals surface area contributed by atoms with Crippen molar-refractivity contribution in [2.24, 2.45) is 11.6 Å². The first kappa shape index (κ1) is 24.6. The fourth-order valence-corrected chi connectivity index (χ4v) is 4.53. The number of hydrogen-bond acceptors (Lipinski definition) is 7. The van der Waals surface area contributed by atoms with Crippen molar-refractivity contribution in [3.05, 3.63) is 71.3 Å². The fraction of sp³-hybridized carbons (Fsp3) is 0.346. The minimum atomic E-state index is -1.07. The smallest absolute Gasteiger partial charge is 0.141 e. The van der Waals surface area contributed by atoms with Gasteiger partial charge in [-0.2, -0.15) is 0 Å². The maximum absolute atomic E-state index is 13.7. The number of hydrogen-bond donors (Lipinski definition) is 3. The first-order valence-electron chi connectivity index (χ1n) is 11.6. The van der Waals surface area contributed by atoms with Crippen LogP contribution in [-0.2, 0) is 5.60 Å². The SMILES string of the molecule is CCCC(c1ccc(F)cn1)n1c2cc(/C(=C(\C)N)N(C)N)ncc2c2ncc(C(C)(C)O)cc21. The van der Waals surface area contributed by atoms with E-state index in [9.17, 15) is 9.50 Å². The highest BCUT2D eigenvalue weighted by Gasteiger charge is 2.25. The predicted octanol–water partition coefficient (Wildman–Crippen LogP) is 4.19. The quantitative estimate of drug-likeness (QED) is 0.270. The molecule has 4 aromatic rings. The lowest BCUT2D eigenvalue weighted by atomic mass is 10.00. The van der Waals surface area contributed by atoms with Crippen LogP contribution in [0.2, 0.25) is 0 Å². The van der Waals surface area contributed by atoms with Crippen LogP contribution in [-0.4, -0.2) is 36.7 Å². The van der Waals surface area contributed by atoms with Crippen molar-refractivity contribution in [1.29, 1.82) is 0 Å². The molecule has 0 aliphatic rings. The molecule has 0 amide bonds. The monoisotopic (exact) mass is 477 g/mol. The average Bonchev–Trinajstić information content (AvgIpc) is 3.10. The second-order valence-corrected chi connectivity index (χ2v) is 9.46. The summed E-state index contributed by atoms with van der Waals surface area (Å²) in [5.41, 5.74) is 10.7. The van der Waals surface area contributed by atoms with E-state index in [1.807, 2.05) is 12.1 Å². The molecule has 0 aliphatic carbocycles. The van der Waals surface area contributed by atoms with Crippen LogP contribution in [0.1, 0.15) is 63.5 Å². The number of halogens is 1. The van der Waals surface area contributed by atoms with Crippen molar-refractivity contribution in [3.8, 4) is 0 Å². The molecule has 0 fully saturated rings. The van der Waals surface area contributed by atoms with Gasteiger partial charge in [0.1, 0.15) is 5.82 Å². The zero-order chi connectivity index (χ0) is 25.5. The van der Waals surface area contributed by atoms with Gasteiger partial charge in [-0.1, -0.05) is 13.3 Å². The number of allylic oxidation sites excluding steroid dienone is 1. The van der Waals surface area contributed by atoms with Crippen molar-refractivity contribution in [1.82, 2.24) is 24.5 Å². The molecule has 184 valence electrons. The molecule has 5 N–H and O–H groups in total. The molecule has 35 heavy (non-hydrogen) atoms. The third-order valence-electron chi connectivity index (χ3n) is 6.16. The first-order chi connectivity index (χ1) is 16.5. The van der Waals surface area contributed by atoms with Crippen LogP contribution >= 0.6 is 0 Å². The van der Waals surface area contributed by atoms with E-state index in [0.29, 0.717) is 22.7 Å². The maximum Gasteiger partial charge on any atom is 0.141 e.